The standard InChI is InChI=1S/C9H18O3Si2/c1-8(2)9(10)11-6-5-7-13-12-14(3)4/h14H,1,5-7H2,2-4H3. The van der Waals surface area contributed by atoms with Gasteiger partial charge >= 0.3 is 5.97 Å². The summed E-state index contributed by atoms with van der Waals surface area (Å²) >= 11 is 0. The maximum atomic E-state index is 10.9. The quantitative estimate of drug-likeness (QED) is 0.288. The van der Waals surface area contributed by atoms with Crippen LogP contribution in [0.2, 0.25) is 19.1 Å². The molecule has 0 bridgehead atoms. The van der Waals surface area contributed by atoms with Gasteiger partial charge in [0.25, 0.3) is 0 Å². The first-order chi connectivity index (χ1) is 6.54. The van der Waals surface area contributed by atoms with E-state index in [1.807, 2.05) is 0 Å². The van der Waals surface area contributed by atoms with Crippen molar-refractivity contribution in [2.24, 2.45) is 0 Å². The van der Waals surface area contributed by atoms with Gasteiger partial charge in [0.1, 0.15) is 0 Å². The molecule has 0 unspecified atom stereocenters. The third-order valence-corrected chi connectivity index (χ3v) is 4.43. The number of carbonyl (C=O) groups excluding carboxylic acids is 1. The lowest BCUT2D eigenvalue weighted by molar-refractivity contribution is -0.138. The molecule has 80 valence electrons. The SMILES string of the molecule is C=C(C)C(=O)OCCC[Si]O[SiH](C)C. The molecule has 0 heterocycles. The van der Waals surface area contributed by atoms with Gasteiger partial charge in [0.15, 0.2) is 9.04 Å². The lowest BCUT2D eigenvalue weighted by atomic mass is 10.4. The minimum absolute atomic E-state index is 0.299. The monoisotopic (exact) mass is 230 g/mol. The van der Waals surface area contributed by atoms with Crippen molar-refractivity contribution in [2.45, 2.75) is 32.5 Å². The van der Waals surface area contributed by atoms with Gasteiger partial charge in [0.05, 0.1) is 6.61 Å². The fourth-order valence-corrected chi connectivity index (χ4v) is 2.75. The first kappa shape index (κ1) is 13.6. The number of hydrogen-bond acceptors (Lipinski definition) is 3. The Morgan fingerprint density at radius 2 is 2.14 bits per heavy atom. The molecular weight excluding hydrogens is 212 g/mol. The van der Waals surface area contributed by atoms with Crippen molar-refractivity contribution in [3.8, 4) is 0 Å². The van der Waals surface area contributed by atoms with E-state index in [1.54, 1.807) is 6.92 Å². The smallest absolute Gasteiger partial charge is 0.333 e. The van der Waals surface area contributed by atoms with Crippen molar-refractivity contribution < 1.29 is 13.6 Å². The van der Waals surface area contributed by atoms with Crippen molar-refractivity contribution in [3.05, 3.63) is 12.2 Å². The predicted octanol–water partition coefficient (Wildman–Crippen LogP) is 1.53. The Morgan fingerprint density at radius 1 is 1.50 bits per heavy atom. The van der Waals surface area contributed by atoms with Crippen molar-refractivity contribution in [3.63, 3.8) is 0 Å². The van der Waals surface area contributed by atoms with Crippen LogP contribution in [-0.2, 0) is 13.6 Å². The molecule has 0 saturated heterocycles. The highest BCUT2D eigenvalue weighted by atomic mass is 28.3. The Bertz CT molecular complexity index is 192. The summed E-state index contributed by atoms with van der Waals surface area (Å²) in [5.41, 5.74) is 0.457. The molecule has 3 nitrogen and oxygen atoms in total. The van der Waals surface area contributed by atoms with Crippen LogP contribution in [0.3, 0.4) is 0 Å². The fraction of sp³-hybridized carbons (Fsp3) is 0.667. The second kappa shape index (κ2) is 7.96. The van der Waals surface area contributed by atoms with E-state index in [1.165, 1.54) is 0 Å². The molecule has 5 heteroatoms. The third kappa shape index (κ3) is 8.21. The van der Waals surface area contributed by atoms with Crippen LogP contribution in [0.1, 0.15) is 13.3 Å². The zero-order valence-electron chi connectivity index (χ0n) is 9.13. The molecule has 0 aliphatic carbocycles. The largest absolute Gasteiger partial charge is 0.462 e. The average Bonchev–Trinajstić information content (AvgIpc) is 2.09. The average molecular weight is 230 g/mol. The van der Waals surface area contributed by atoms with Gasteiger partial charge in [-0.3, -0.25) is 0 Å². The molecule has 0 aliphatic heterocycles. The van der Waals surface area contributed by atoms with Crippen molar-refractivity contribution in [1.29, 1.82) is 0 Å². The van der Waals surface area contributed by atoms with E-state index >= 15 is 0 Å². The van der Waals surface area contributed by atoms with Crippen molar-refractivity contribution in [1.82, 2.24) is 0 Å². The molecule has 14 heavy (non-hydrogen) atoms. The molecule has 0 aromatic carbocycles. The Morgan fingerprint density at radius 3 is 2.64 bits per heavy atom. The molecule has 0 saturated carbocycles. The summed E-state index contributed by atoms with van der Waals surface area (Å²) in [5.74, 6) is -0.299. The molecule has 0 atom stereocenters. The van der Waals surface area contributed by atoms with E-state index < -0.39 is 9.04 Å². The van der Waals surface area contributed by atoms with Crippen LogP contribution in [0.4, 0.5) is 0 Å². The molecular formula is C9H18O3Si2. The molecule has 0 N–H and O–H groups in total. The summed E-state index contributed by atoms with van der Waals surface area (Å²) in [6.07, 6.45) is 0.874. The van der Waals surface area contributed by atoms with Gasteiger partial charge in [0.2, 0.25) is 9.76 Å². The second-order valence-corrected chi connectivity index (χ2v) is 7.16. The minimum atomic E-state index is -0.868. The molecule has 0 rings (SSSR count). The van der Waals surface area contributed by atoms with Gasteiger partial charge in [-0.25, -0.2) is 4.79 Å². The molecule has 2 radical (unpaired) electrons. The molecule has 0 aromatic rings. The lowest BCUT2D eigenvalue weighted by Gasteiger charge is -2.05. The number of hydrogen-bond donors (Lipinski definition) is 0. The van der Waals surface area contributed by atoms with Gasteiger partial charge in [-0.2, -0.15) is 0 Å². The van der Waals surface area contributed by atoms with Gasteiger partial charge < -0.3 is 8.85 Å². The normalized spacial score (nSPS) is 10.3. The summed E-state index contributed by atoms with van der Waals surface area (Å²) in [5, 5.41) is 0. The molecule has 0 aliphatic rings. The maximum absolute atomic E-state index is 10.9. The van der Waals surface area contributed by atoms with Crippen molar-refractivity contribution in [2.75, 3.05) is 6.61 Å². The number of carbonyl (C=O) groups is 1. The van der Waals surface area contributed by atoms with Crippen LogP contribution in [0, 0.1) is 0 Å². The van der Waals surface area contributed by atoms with Gasteiger partial charge in [-0.1, -0.05) is 6.58 Å². The van der Waals surface area contributed by atoms with E-state index in [9.17, 15) is 4.79 Å². The number of rotatable bonds is 7. The summed E-state index contributed by atoms with van der Waals surface area (Å²) in [4.78, 5) is 10.9. The van der Waals surface area contributed by atoms with Gasteiger partial charge in [-0.15, -0.1) is 0 Å². The van der Waals surface area contributed by atoms with Crippen molar-refractivity contribution >= 4 is 24.8 Å². The predicted molar refractivity (Wildman–Crippen MR) is 60.9 cm³/mol. The van der Waals surface area contributed by atoms with Crippen LogP contribution < -0.4 is 0 Å². The van der Waals surface area contributed by atoms with Crippen LogP contribution in [0.15, 0.2) is 12.2 Å². The first-order valence-electron chi connectivity index (χ1n) is 4.75. The highest BCUT2D eigenvalue weighted by Crippen LogP contribution is 1.96. The zero-order chi connectivity index (χ0) is 11.0. The molecule has 0 fully saturated rings. The number of ether oxygens (including phenoxy) is 1. The Labute approximate surface area is 90.2 Å². The highest BCUT2D eigenvalue weighted by molar-refractivity contribution is 6.56. The first-order valence-corrected chi connectivity index (χ1v) is 8.64. The van der Waals surface area contributed by atoms with Crippen LogP contribution in [0.25, 0.3) is 0 Å². The maximum Gasteiger partial charge on any atom is 0.333 e. The number of esters is 1. The van der Waals surface area contributed by atoms with E-state index in [2.05, 4.69) is 19.7 Å². The van der Waals surface area contributed by atoms with Crippen LogP contribution in [0.5, 0.6) is 0 Å². The highest BCUT2D eigenvalue weighted by Gasteiger charge is 2.02. The summed E-state index contributed by atoms with van der Waals surface area (Å²) in [6.45, 7) is 9.92. The van der Waals surface area contributed by atoms with E-state index in [4.69, 9.17) is 8.85 Å². The minimum Gasteiger partial charge on any atom is -0.462 e. The molecule has 0 spiro atoms. The summed E-state index contributed by atoms with van der Waals surface area (Å²) in [7, 11) is -0.309. The van der Waals surface area contributed by atoms with Crippen LogP contribution in [-0.4, -0.2) is 31.4 Å². The Hall–Kier alpha value is -0.396. The third-order valence-electron chi connectivity index (χ3n) is 1.32. The van der Waals surface area contributed by atoms with Gasteiger partial charge in [-0.05, 0) is 32.5 Å². The summed E-state index contributed by atoms with van der Waals surface area (Å²) < 4.78 is 10.4. The topological polar surface area (TPSA) is 35.5 Å². The lowest BCUT2D eigenvalue weighted by Crippen LogP contribution is -2.12. The Balaban J connectivity index is 3.22. The molecule has 0 amide bonds. The molecule has 0 aromatic heterocycles. The van der Waals surface area contributed by atoms with Gasteiger partial charge in [0, 0.05) is 5.57 Å². The van der Waals surface area contributed by atoms with E-state index in [-0.39, 0.29) is 5.97 Å². The second-order valence-electron chi connectivity index (χ2n) is 3.33. The van der Waals surface area contributed by atoms with E-state index in [0.717, 1.165) is 12.5 Å². The summed E-state index contributed by atoms with van der Waals surface area (Å²) in [6, 6.07) is 0.981. The Kier molecular flexibility index (Phi) is 7.73. The zero-order valence-corrected chi connectivity index (χ0v) is 11.3. The van der Waals surface area contributed by atoms with Crippen LogP contribution >= 0.6 is 0 Å². The van der Waals surface area contributed by atoms with E-state index in [0.29, 0.717) is 21.9 Å². The fourth-order valence-electron chi connectivity index (χ4n) is 0.658.